The van der Waals surface area contributed by atoms with Crippen molar-refractivity contribution in [2.45, 2.75) is 78.6 Å². The van der Waals surface area contributed by atoms with Crippen LogP contribution in [0.25, 0.3) is 0 Å². The molecule has 2 aliphatic carbocycles. The van der Waals surface area contributed by atoms with Gasteiger partial charge in [0, 0.05) is 0 Å². The summed E-state index contributed by atoms with van der Waals surface area (Å²) >= 11 is 4.47. The number of hydrogen-bond donors (Lipinski definition) is 1. The first-order valence-electron chi connectivity index (χ1n) is 9.29. The maximum atomic E-state index is 4.47. The molecular formula is C19H36S. The van der Waals surface area contributed by atoms with Crippen LogP contribution in [0.15, 0.2) is 0 Å². The molecule has 5 atom stereocenters. The van der Waals surface area contributed by atoms with Gasteiger partial charge in [-0.1, -0.05) is 59.3 Å². The van der Waals surface area contributed by atoms with Crippen molar-refractivity contribution in [2.75, 3.05) is 5.75 Å². The third kappa shape index (κ3) is 4.18. The van der Waals surface area contributed by atoms with Crippen molar-refractivity contribution in [3.05, 3.63) is 0 Å². The molecule has 0 aromatic heterocycles. The van der Waals surface area contributed by atoms with E-state index in [1.54, 1.807) is 0 Å². The summed E-state index contributed by atoms with van der Waals surface area (Å²) in [6.45, 7) is 7.27. The van der Waals surface area contributed by atoms with E-state index in [2.05, 4.69) is 33.4 Å². The van der Waals surface area contributed by atoms with Gasteiger partial charge in [-0.25, -0.2) is 0 Å². The van der Waals surface area contributed by atoms with Gasteiger partial charge < -0.3 is 0 Å². The first-order chi connectivity index (χ1) is 9.69. The van der Waals surface area contributed by atoms with E-state index in [0.29, 0.717) is 0 Å². The van der Waals surface area contributed by atoms with E-state index < -0.39 is 0 Å². The zero-order chi connectivity index (χ0) is 14.5. The Kier molecular flexibility index (Phi) is 6.78. The lowest BCUT2D eigenvalue weighted by molar-refractivity contribution is 0.154. The van der Waals surface area contributed by atoms with E-state index in [-0.39, 0.29) is 0 Å². The molecule has 0 amide bonds. The van der Waals surface area contributed by atoms with Gasteiger partial charge in [0.25, 0.3) is 0 Å². The molecule has 20 heavy (non-hydrogen) atoms. The van der Waals surface area contributed by atoms with Gasteiger partial charge in [0.2, 0.25) is 0 Å². The summed E-state index contributed by atoms with van der Waals surface area (Å²) in [6, 6.07) is 0. The molecule has 118 valence electrons. The van der Waals surface area contributed by atoms with Crippen molar-refractivity contribution in [1.29, 1.82) is 0 Å². The first-order valence-corrected chi connectivity index (χ1v) is 9.93. The number of unbranched alkanes of at least 4 members (excludes halogenated alkanes) is 2. The van der Waals surface area contributed by atoms with E-state index in [9.17, 15) is 0 Å². The summed E-state index contributed by atoms with van der Waals surface area (Å²) in [6.07, 6.45) is 13.2. The van der Waals surface area contributed by atoms with Gasteiger partial charge in [-0.2, -0.15) is 12.6 Å². The molecule has 0 spiro atoms. The largest absolute Gasteiger partial charge is 0.179 e. The topological polar surface area (TPSA) is 0 Å². The lowest BCUT2D eigenvalue weighted by atomic mass is 9.70. The zero-order valence-electron chi connectivity index (χ0n) is 14.0. The molecule has 0 aromatic rings. The molecule has 2 saturated carbocycles. The Morgan fingerprint density at radius 3 is 2.15 bits per heavy atom. The molecule has 2 fully saturated rings. The minimum absolute atomic E-state index is 0.976. The van der Waals surface area contributed by atoms with Crippen LogP contribution in [0.4, 0.5) is 0 Å². The highest BCUT2D eigenvalue weighted by atomic mass is 32.1. The second-order valence-corrected chi connectivity index (χ2v) is 8.16. The minimum Gasteiger partial charge on any atom is -0.179 e. The second kappa shape index (κ2) is 8.11. The van der Waals surface area contributed by atoms with Crippen LogP contribution in [-0.2, 0) is 0 Å². The van der Waals surface area contributed by atoms with E-state index in [0.717, 1.165) is 41.3 Å². The monoisotopic (exact) mass is 296 g/mol. The molecule has 5 unspecified atom stereocenters. The molecule has 0 aromatic carbocycles. The van der Waals surface area contributed by atoms with Gasteiger partial charge in [-0.15, -0.1) is 0 Å². The Morgan fingerprint density at radius 2 is 1.65 bits per heavy atom. The van der Waals surface area contributed by atoms with E-state index >= 15 is 0 Å². The Balaban J connectivity index is 1.55. The fourth-order valence-corrected chi connectivity index (χ4v) is 5.13. The number of hydrogen-bond acceptors (Lipinski definition) is 1. The molecule has 0 nitrogen and oxygen atoms in total. The van der Waals surface area contributed by atoms with E-state index in [4.69, 9.17) is 0 Å². The zero-order valence-corrected chi connectivity index (χ0v) is 14.9. The summed E-state index contributed by atoms with van der Waals surface area (Å²) < 4.78 is 0. The predicted molar refractivity (Wildman–Crippen MR) is 93.4 cm³/mol. The van der Waals surface area contributed by atoms with Gasteiger partial charge in [0.15, 0.2) is 0 Å². The molecule has 2 aliphatic rings. The predicted octanol–water partition coefficient (Wildman–Crippen LogP) is 6.21. The van der Waals surface area contributed by atoms with Crippen molar-refractivity contribution in [2.24, 2.45) is 35.5 Å². The van der Waals surface area contributed by atoms with E-state index in [1.807, 2.05) is 0 Å². The number of rotatable bonds is 10. The van der Waals surface area contributed by atoms with Gasteiger partial charge in [-0.3, -0.25) is 0 Å². The van der Waals surface area contributed by atoms with Crippen molar-refractivity contribution < 1.29 is 0 Å². The standard InChI is InChI=1S/C19H36S/c1-4-16-10-11-17(16)8-6-5-7-9-18(12-13-20)19-14(2)15(19)3/h14-20H,4-13H2,1-3H3. The fraction of sp³-hybridized carbons (Fsp3) is 1.00. The third-order valence-electron chi connectivity index (χ3n) is 6.70. The van der Waals surface area contributed by atoms with Crippen LogP contribution in [0.1, 0.15) is 78.6 Å². The van der Waals surface area contributed by atoms with Crippen LogP contribution in [0.5, 0.6) is 0 Å². The normalized spacial score (nSPS) is 37.5. The van der Waals surface area contributed by atoms with Crippen LogP contribution >= 0.6 is 12.6 Å². The van der Waals surface area contributed by atoms with Crippen LogP contribution in [0, 0.1) is 35.5 Å². The number of thiol groups is 1. The van der Waals surface area contributed by atoms with Gasteiger partial charge in [-0.05, 0) is 60.5 Å². The molecule has 1 heteroatoms. The quantitative estimate of drug-likeness (QED) is 0.359. The van der Waals surface area contributed by atoms with Gasteiger partial charge in [0.05, 0.1) is 0 Å². The summed E-state index contributed by atoms with van der Waals surface area (Å²) in [5.41, 5.74) is 0. The summed E-state index contributed by atoms with van der Waals surface area (Å²) in [5, 5.41) is 0. The average Bonchev–Trinajstić information content (AvgIpc) is 2.99. The average molecular weight is 297 g/mol. The molecule has 0 aliphatic heterocycles. The lowest BCUT2D eigenvalue weighted by Crippen LogP contribution is -2.24. The van der Waals surface area contributed by atoms with Crippen molar-refractivity contribution in [3.8, 4) is 0 Å². The molecule has 0 heterocycles. The molecule has 0 bridgehead atoms. The third-order valence-corrected chi connectivity index (χ3v) is 6.95. The maximum Gasteiger partial charge on any atom is -0.00952 e. The fourth-order valence-electron chi connectivity index (χ4n) is 4.80. The van der Waals surface area contributed by atoms with Gasteiger partial charge >= 0.3 is 0 Å². The van der Waals surface area contributed by atoms with Crippen LogP contribution in [-0.4, -0.2) is 5.75 Å². The van der Waals surface area contributed by atoms with Crippen LogP contribution in [0.2, 0.25) is 0 Å². The summed E-state index contributed by atoms with van der Waals surface area (Å²) in [7, 11) is 0. The molecular weight excluding hydrogens is 260 g/mol. The molecule has 0 radical (unpaired) electrons. The Labute approximate surface area is 132 Å². The highest BCUT2D eigenvalue weighted by Crippen LogP contribution is 2.52. The highest BCUT2D eigenvalue weighted by molar-refractivity contribution is 7.80. The SMILES string of the molecule is CCC1CCC1CCCCCC(CCS)C1C(C)C1C. The van der Waals surface area contributed by atoms with E-state index in [1.165, 1.54) is 57.8 Å². The van der Waals surface area contributed by atoms with Crippen molar-refractivity contribution in [1.82, 2.24) is 0 Å². The molecule has 0 N–H and O–H groups in total. The lowest BCUT2D eigenvalue weighted by Gasteiger charge is -2.36. The summed E-state index contributed by atoms with van der Waals surface area (Å²) in [5.74, 6) is 7.24. The minimum atomic E-state index is 0.976. The van der Waals surface area contributed by atoms with Crippen LogP contribution in [0.3, 0.4) is 0 Å². The smallest absolute Gasteiger partial charge is 0.00952 e. The van der Waals surface area contributed by atoms with Crippen molar-refractivity contribution in [3.63, 3.8) is 0 Å². The highest BCUT2D eigenvalue weighted by Gasteiger charge is 2.46. The maximum absolute atomic E-state index is 4.47. The molecule has 2 rings (SSSR count). The molecule has 0 saturated heterocycles. The Morgan fingerprint density at radius 1 is 0.950 bits per heavy atom. The first kappa shape index (κ1) is 16.7. The van der Waals surface area contributed by atoms with Gasteiger partial charge in [0.1, 0.15) is 0 Å². The Hall–Kier alpha value is 0.350. The van der Waals surface area contributed by atoms with Crippen LogP contribution < -0.4 is 0 Å². The summed E-state index contributed by atoms with van der Waals surface area (Å²) in [4.78, 5) is 0. The Bertz CT molecular complexity index is 265. The second-order valence-electron chi connectivity index (χ2n) is 7.71. The van der Waals surface area contributed by atoms with Crippen molar-refractivity contribution >= 4 is 12.6 Å².